The van der Waals surface area contributed by atoms with Crippen LogP contribution in [0.1, 0.15) is 69.4 Å². The van der Waals surface area contributed by atoms with Gasteiger partial charge in [-0.2, -0.15) is 4.37 Å². The van der Waals surface area contributed by atoms with Gasteiger partial charge in [0.1, 0.15) is 16.7 Å². The molecule has 0 saturated heterocycles. The van der Waals surface area contributed by atoms with Crippen LogP contribution in [0.3, 0.4) is 0 Å². The van der Waals surface area contributed by atoms with Gasteiger partial charge in [0, 0.05) is 11.7 Å². The van der Waals surface area contributed by atoms with E-state index in [1.54, 1.807) is 24.3 Å². The van der Waals surface area contributed by atoms with E-state index in [-0.39, 0.29) is 34.0 Å². The number of nitrogen functional groups attached to an aromatic ring is 1. The summed E-state index contributed by atoms with van der Waals surface area (Å²) < 4.78 is 3.98. The van der Waals surface area contributed by atoms with Gasteiger partial charge in [-0.05, 0) is 60.6 Å². The predicted octanol–water partition coefficient (Wildman–Crippen LogP) is 3.68. The molecule has 1 fully saturated rings. The third kappa shape index (κ3) is 5.18. The molecular weight excluding hydrogens is 478 g/mol. The van der Waals surface area contributed by atoms with Crippen molar-refractivity contribution in [2.45, 2.75) is 51.1 Å². The molecule has 3 aromatic rings. The van der Waals surface area contributed by atoms with E-state index in [0.717, 1.165) is 49.2 Å². The molecule has 9 nitrogen and oxygen atoms in total. The van der Waals surface area contributed by atoms with Crippen molar-refractivity contribution < 1.29 is 19.5 Å². The largest absolute Gasteiger partial charge is 0.508 e. The van der Waals surface area contributed by atoms with Crippen molar-refractivity contribution in [3.63, 3.8) is 0 Å². The van der Waals surface area contributed by atoms with E-state index >= 15 is 0 Å². The summed E-state index contributed by atoms with van der Waals surface area (Å²) in [5.41, 5.74) is 13.0. The highest BCUT2D eigenvalue weighted by atomic mass is 32.1. The van der Waals surface area contributed by atoms with Crippen molar-refractivity contribution in [1.82, 2.24) is 9.69 Å². The molecule has 1 atom stereocenters. The molecule has 1 saturated carbocycles. The molecule has 1 aliphatic carbocycles. The van der Waals surface area contributed by atoms with Gasteiger partial charge < -0.3 is 21.9 Å². The predicted molar refractivity (Wildman–Crippen MR) is 139 cm³/mol. The quantitative estimate of drug-likeness (QED) is 0.383. The molecule has 0 spiro atoms. The first-order valence-corrected chi connectivity index (χ1v) is 12.6. The number of nitrogens with two attached hydrogens (primary N) is 2. The van der Waals surface area contributed by atoms with Gasteiger partial charge in [0.25, 0.3) is 11.8 Å². The zero-order valence-electron chi connectivity index (χ0n) is 19.9. The zero-order valence-corrected chi connectivity index (χ0v) is 20.8. The third-order valence-electron chi connectivity index (χ3n) is 6.42. The highest BCUT2D eigenvalue weighted by Crippen LogP contribution is 2.35. The van der Waals surface area contributed by atoms with Crippen LogP contribution in [0, 0.1) is 6.92 Å². The number of phenols is 1. The number of primary amides is 1. The van der Waals surface area contributed by atoms with E-state index in [0.29, 0.717) is 11.3 Å². The van der Waals surface area contributed by atoms with Gasteiger partial charge in [0.15, 0.2) is 5.69 Å². The lowest BCUT2D eigenvalue weighted by molar-refractivity contribution is -0.123. The van der Waals surface area contributed by atoms with E-state index in [2.05, 4.69) is 9.69 Å². The maximum atomic E-state index is 14.1. The topological polar surface area (TPSA) is 152 Å². The summed E-state index contributed by atoms with van der Waals surface area (Å²) in [5, 5.41) is 13.0. The van der Waals surface area contributed by atoms with Gasteiger partial charge in [0.05, 0.1) is 5.69 Å². The molecule has 0 bridgehead atoms. The van der Waals surface area contributed by atoms with E-state index in [4.69, 9.17) is 11.5 Å². The molecular formula is C26H29N5O4S. The normalized spacial score (nSPS) is 14.7. The second-order valence-electron chi connectivity index (χ2n) is 8.94. The summed E-state index contributed by atoms with van der Waals surface area (Å²) >= 11 is 0.765. The summed E-state index contributed by atoms with van der Waals surface area (Å²) in [6, 6.07) is 12.3. The minimum Gasteiger partial charge on any atom is -0.508 e. The molecule has 0 unspecified atom stereocenters. The van der Waals surface area contributed by atoms with Crippen molar-refractivity contribution in [1.29, 1.82) is 0 Å². The summed E-state index contributed by atoms with van der Waals surface area (Å²) in [7, 11) is 0. The smallest absolute Gasteiger partial charge is 0.273 e. The van der Waals surface area contributed by atoms with Crippen molar-refractivity contribution in [3.05, 3.63) is 70.2 Å². The number of carbonyl (C=O) groups is 3. The lowest BCUT2D eigenvalue weighted by atomic mass is 9.94. The molecule has 0 aliphatic heterocycles. The van der Waals surface area contributed by atoms with Crippen LogP contribution < -0.4 is 21.7 Å². The van der Waals surface area contributed by atoms with Crippen LogP contribution in [-0.2, 0) is 4.79 Å². The van der Waals surface area contributed by atoms with Gasteiger partial charge in [-0.1, -0.05) is 49.6 Å². The Morgan fingerprint density at radius 1 is 1.08 bits per heavy atom. The number of carbonyl (C=O) groups excluding carboxylic acids is 3. The molecule has 36 heavy (non-hydrogen) atoms. The lowest BCUT2D eigenvalue weighted by Crippen LogP contribution is -2.47. The fraction of sp³-hybridized carbons (Fsp3) is 0.308. The number of benzene rings is 2. The minimum absolute atomic E-state index is 0.00891. The average molecular weight is 508 g/mol. The Balaban J connectivity index is 1.85. The first-order chi connectivity index (χ1) is 17.3. The standard InChI is InChI=1S/C26H29N5O4S/c1-15-7-5-6-10-19(15)31(26(35)23-20(27)21(24(28)33)30-36-23)22(16-11-13-18(32)14-12-16)25(34)29-17-8-3-2-4-9-17/h5-7,10-14,17,22,32H,2-4,8-9,27H2,1H3,(H2,28,33)(H,29,34)/t22-/m1/s1. The Morgan fingerprint density at radius 2 is 1.75 bits per heavy atom. The Bertz CT molecular complexity index is 1270. The van der Waals surface area contributed by atoms with Crippen LogP contribution in [-0.4, -0.2) is 33.2 Å². The van der Waals surface area contributed by atoms with Crippen LogP contribution in [0.2, 0.25) is 0 Å². The van der Waals surface area contributed by atoms with E-state index in [1.807, 2.05) is 19.1 Å². The highest BCUT2D eigenvalue weighted by molar-refractivity contribution is 7.09. The Kier molecular flexibility index (Phi) is 7.54. The number of para-hydroxylation sites is 1. The molecule has 6 N–H and O–H groups in total. The van der Waals surface area contributed by atoms with Gasteiger partial charge in [-0.15, -0.1) is 0 Å². The first-order valence-electron chi connectivity index (χ1n) is 11.8. The lowest BCUT2D eigenvalue weighted by Gasteiger charge is -2.34. The Morgan fingerprint density at radius 3 is 2.36 bits per heavy atom. The third-order valence-corrected chi connectivity index (χ3v) is 7.27. The maximum Gasteiger partial charge on any atom is 0.273 e. The Labute approximate surface area is 213 Å². The minimum atomic E-state index is -1.07. The summed E-state index contributed by atoms with van der Waals surface area (Å²) in [4.78, 5) is 41.1. The van der Waals surface area contributed by atoms with Crippen LogP contribution in [0.15, 0.2) is 48.5 Å². The van der Waals surface area contributed by atoms with Gasteiger partial charge in [-0.3, -0.25) is 19.3 Å². The second-order valence-corrected chi connectivity index (χ2v) is 9.71. The number of hydrogen-bond donors (Lipinski definition) is 4. The van der Waals surface area contributed by atoms with Crippen LogP contribution in [0.5, 0.6) is 5.75 Å². The molecule has 4 rings (SSSR count). The number of amides is 3. The Hall–Kier alpha value is -3.92. The van der Waals surface area contributed by atoms with Gasteiger partial charge >= 0.3 is 0 Å². The van der Waals surface area contributed by atoms with Crippen molar-refractivity contribution in [3.8, 4) is 5.75 Å². The zero-order chi connectivity index (χ0) is 25.8. The van der Waals surface area contributed by atoms with Gasteiger partial charge in [-0.25, -0.2) is 0 Å². The summed E-state index contributed by atoms with van der Waals surface area (Å²) in [5.74, 6) is -1.72. The molecule has 10 heteroatoms. The summed E-state index contributed by atoms with van der Waals surface area (Å²) in [6.07, 6.45) is 4.94. The number of rotatable bonds is 7. The highest BCUT2D eigenvalue weighted by Gasteiger charge is 2.37. The molecule has 2 aromatic carbocycles. The SMILES string of the molecule is Cc1ccccc1N(C(=O)c1snc(C(N)=O)c1N)[C@@H](C(=O)NC1CCCCC1)c1ccc(O)cc1. The van der Waals surface area contributed by atoms with Crippen LogP contribution in [0.4, 0.5) is 11.4 Å². The van der Waals surface area contributed by atoms with E-state index in [9.17, 15) is 19.5 Å². The fourth-order valence-corrected chi connectivity index (χ4v) is 5.28. The molecule has 188 valence electrons. The summed E-state index contributed by atoms with van der Waals surface area (Å²) in [6.45, 7) is 1.84. The number of hydrogen-bond acceptors (Lipinski definition) is 7. The number of nitrogens with one attached hydrogen (secondary N) is 1. The molecule has 3 amide bonds. The van der Waals surface area contributed by atoms with Gasteiger partial charge in [0.2, 0.25) is 5.91 Å². The molecule has 0 radical (unpaired) electrons. The van der Waals surface area contributed by atoms with Crippen molar-refractivity contribution >= 4 is 40.6 Å². The average Bonchev–Trinajstić information content (AvgIpc) is 3.25. The van der Waals surface area contributed by atoms with Crippen molar-refractivity contribution in [2.24, 2.45) is 5.73 Å². The monoisotopic (exact) mass is 507 g/mol. The van der Waals surface area contributed by atoms with Crippen molar-refractivity contribution in [2.75, 3.05) is 10.6 Å². The molecule has 1 aliphatic rings. The fourth-order valence-electron chi connectivity index (χ4n) is 4.54. The maximum absolute atomic E-state index is 14.1. The first kappa shape index (κ1) is 25.2. The van der Waals surface area contributed by atoms with Crippen LogP contribution >= 0.6 is 11.5 Å². The number of aromatic hydroxyl groups is 1. The van der Waals surface area contributed by atoms with E-state index in [1.165, 1.54) is 17.0 Å². The number of phenolic OH excluding ortho intramolecular Hbond substituents is 1. The molecule has 1 heterocycles. The number of aromatic nitrogens is 1. The second kappa shape index (κ2) is 10.8. The number of nitrogens with zero attached hydrogens (tertiary/aromatic N) is 2. The number of anilines is 2. The van der Waals surface area contributed by atoms with E-state index < -0.39 is 17.9 Å². The van der Waals surface area contributed by atoms with Crippen LogP contribution in [0.25, 0.3) is 0 Å². The number of aryl methyl sites for hydroxylation is 1. The molecule has 1 aromatic heterocycles.